The van der Waals surface area contributed by atoms with Crippen molar-refractivity contribution in [3.05, 3.63) is 95.6 Å². The Kier molecular flexibility index (Phi) is 6.03. The first kappa shape index (κ1) is 20.9. The summed E-state index contributed by atoms with van der Waals surface area (Å²) in [6, 6.07) is 21.8. The first-order valence-electron chi connectivity index (χ1n) is 9.87. The van der Waals surface area contributed by atoms with Crippen LogP contribution in [0.25, 0.3) is 11.8 Å². The molecule has 6 heteroatoms. The lowest BCUT2D eigenvalue weighted by atomic mass is 10.1. The fraction of sp³-hybridized carbons (Fsp3) is 0.0769. The summed E-state index contributed by atoms with van der Waals surface area (Å²) in [6.07, 6.45) is 3.37. The molecule has 32 heavy (non-hydrogen) atoms. The fourth-order valence-electron chi connectivity index (χ4n) is 3.14. The van der Waals surface area contributed by atoms with Gasteiger partial charge in [0.25, 0.3) is 0 Å². The van der Waals surface area contributed by atoms with Crippen LogP contribution in [0.5, 0.6) is 23.0 Å². The van der Waals surface area contributed by atoms with Crippen LogP contribution in [0.15, 0.2) is 84.4 Å². The molecule has 1 aliphatic heterocycles. The molecule has 0 saturated carbocycles. The van der Waals surface area contributed by atoms with E-state index in [4.69, 9.17) is 18.9 Å². The summed E-state index contributed by atoms with van der Waals surface area (Å²) >= 11 is 0. The van der Waals surface area contributed by atoms with Gasteiger partial charge in [-0.15, -0.1) is 0 Å². The summed E-state index contributed by atoms with van der Waals surface area (Å²) in [5.74, 6) is 1.68. The molecule has 160 valence electrons. The molecular formula is C26H20O6. The Balaban J connectivity index is 1.53. The van der Waals surface area contributed by atoms with Crippen LogP contribution in [0.2, 0.25) is 0 Å². The molecule has 3 aromatic rings. The molecule has 1 heterocycles. The summed E-state index contributed by atoms with van der Waals surface area (Å²) in [7, 11) is 1.48. The Morgan fingerprint density at radius 3 is 2.31 bits per heavy atom. The molecule has 0 aromatic heterocycles. The molecule has 0 saturated heterocycles. The minimum atomic E-state index is -0.451. The van der Waals surface area contributed by atoms with E-state index in [0.29, 0.717) is 34.1 Å². The molecule has 0 fully saturated rings. The average molecular weight is 428 g/mol. The highest BCUT2D eigenvalue weighted by molar-refractivity contribution is 6.05. The topological polar surface area (TPSA) is 71.1 Å². The van der Waals surface area contributed by atoms with E-state index in [2.05, 4.69) is 0 Å². The number of para-hydroxylation sites is 1. The molecule has 0 radical (unpaired) electrons. The van der Waals surface area contributed by atoms with Crippen LogP contribution in [0.4, 0.5) is 0 Å². The van der Waals surface area contributed by atoms with Crippen LogP contribution < -0.4 is 14.2 Å². The van der Waals surface area contributed by atoms with Crippen LogP contribution in [0, 0.1) is 0 Å². The number of esters is 2. The van der Waals surface area contributed by atoms with E-state index < -0.39 is 11.9 Å². The Morgan fingerprint density at radius 1 is 0.906 bits per heavy atom. The molecule has 0 spiro atoms. The smallest absolute Gasteiger partial charge is 0.343 e. The Labute approximate surface area is 185 Å². The van der Waals surface area contributed by atoms with Gasteiger partial charge in [0, 0.05) is 12.5 Å². The second-order valence-electron chi connectivity index (χ2n) is 6.94. The Morgan fingerprint density at radius 2 is 1.62 bits per heavy atom. The zero-order chi connectivity index (χ0) is 22.5. The van der Waals surface area contributed by atoms with E-state index in [1.165, 1.54) is 14.0 Å². The van der Waals surface area contributed by atoms with Crippen molar-refractivity contribution in [3.8, 4) is 23.0 Å². The zero-order valence-corrected chi connectivity index (χ0v) is 17.5. The van der Waals surface area contributed by atoms with Gasteiger partial charge in [-0.3, -0.25) is 4.79 Å². The SMILES string of the molecule is COc1cc(/C=C2\C=C(c3ccc(Oc4ccccc4)cc3)OC2=O)ccc1OC(C)=O. The molecular weight excluding hydrogens is 408 g/mol. The molecule has 4 rings (SSSR count). The number of benzene rings is 3. The van der Waals surface area contributed by atoms with Crippen molar-refractivity contribution in [1.82, 2.24) is 0 Å². The first-order chi connectivity index (χ1) is 15.5. The van der Waals surface area contributed by atoms with Crippen LogP contribution in [-0.4, -0.2) is 19.0 Å². The van der Waals surface area contributed by atoms with Gasteiger partial charge in [0.15, 0.2) is 11.5 Å². The lowest BCUT2D eigenvalue weighted by Gasteiger charge is -2.08. The molecule has 0 aliphatic carbocycles. The number of ether oxygens (including phenoxy) is 4. The van der Waals surface area contributed by atoms with Gasteiger partial charge >= 0.3 is 11.9 Å². The van der Waals surface area contributed by atoms with Crippen molar-refractivity contribution >= 4 is 23.8 Å². The van der Waals surface area contributed by atoms with Gasteiger partial charge in [0.1, 0.15) is 17.3 Å². The van der Waals surface area contributed by atoms with E-state index in [1.54, 1.807) is 30.4 Å². The first-order valence-corrected chi connectivity index (χ1v) is 9.87. The number of hydrogen-bond donors (Lipinski definition) is 0. The van der Waals surface area contributed by atoms with Crippen molar-refractivity contribution in [2.45, 2.75) is 6.92 Å². The molecule has 0 amide bonds. The summed E-state index contributed by atoms with van der Waals surface area (Å²) in [6.45, 7) is 1.32. The number of rotatable bonds is 6. The maximum absolute atomic E-state index is 12.4. The summed E-state index contributed by atoms with van der Waals surface area (Å²) in [4.78, 5) is 23.6. The summed E-state index contributed by atoms with van der Waals surface area (Å²) < 4.78 is 21.6. The molecule has 3 aromatic carbocycles. The Bertz CT molecular complexity index is 1210. The molecule has 0 bridgehead atoms. The molecule has 6 nitrogen and oxygen atoms in total. The molecule has 0 N–H and O–H groups in total. The second-order valence-corrected chi connectivity index (χ2v) is 6.94. The van der Waals surface area contributed by atoms with Gasteiger partial charge in [0.05, 0.1) is 12.7 Å². The number of carbonyl (C=O) groups is 2. The van der Waals surface area contributed by atoms with Crippen molar-refractivity contribution in [1.29, 1.82) is 0 Å². The molecule has 0 atom stereocenters. The van der Waals surface area contributed by atoms with Gasteiger partial charge in [0.2, 0.25) is 0 Å². The van der Waals surface area contributed by atoms with Crippen LogP contribution in [0.1, 0.15) is 18.1 Å². The van der Waals surface area contributed by atoms with Gasteiger partial charge < -0.3 is 18.9 Å². The lowest BCUT2D eigenvalue weighted by molar-refractivity contribution is -0.132. The predicted octanol–water partition coefficient (Wildman–Crippen LogP) is 5.39. The summed E-state index contributed by atoms with van der Waals surface area (Å²) in [5.41, 5.74) is 1.85. The van der Waals surface area contributed by atoms with Crippen molar-refractivity contribution in [3.63, 3.8) is 0 Å². The third kappa shape index (κ3) is 4.87. The number of hydrogen-bond acceptors (Lipinski definition) is 6. The monoisotopic (exact) mass is 428 g/mol. The van der Waals surface area contributed by atoms with E-state index >= 15 is 0 Å². The normalized spacial score (nSPS) is 14.0. The van der Waals surface area contributed by atoms with Crippen molar-refractivity contribution in [2.24, 2.45) is 0 Å². The fourth-order valence-corrected chi connectivity index (χ4v) is 3.14. The van der Waals surface area contributed by atoms with Gasteiger partial charge in [-0.05, 0) is 66.2 Å². The largest absolute Gasteiger partial charge is 0.493 e. The van der Waals surface area contributed by atoms with Crippen LogP contribution in [0.3, 0.4) is 0 Å². The van der Waals surface area contributed by atoms with E-state index in [-0.39, 0.29) is 0 Å². The highest BCUT2D eigenvalue weighted by Gasteiger charge is 2.22. The standard InChI is InChI=1S/C26H20O6/c1-17(27)30-23-13-8-18(15-25(23)29-2)14-20-16-24(32-26(20)28)19-9-11-22(12-10-19)31-21-6-4-3-5-7-21/h3-16H,1-2H3/b20-14+. The zero-order valence-electron chi connectivity index (χ0n) is 17.5. The van der Waals surface area contributed by atoms with Gasteiger partial charge in [-0.25, -0.2) is 4.79 Å². The maximum Gasteiger partial charge on any atom is 0.343 e. The minimum absolute atomic E-state index is 0.310. The highest BCUT2D eigenvalue weighted by Crippen LogP contribution is 2.32. The highest BCUT2D eigenvalue weighted by atomic mass is 16.6. The van der Waals surface area contributed by atoms with Gasteiger partial charge in [-0.2, -0.15) is 0 Å². The van der Waals surface area contributed by atoms with E-state index in [9.17, 15) is 9.59 Å². The van der Waals surface area contributed by atoms with Crippen molar-refractivity contribution in [2.75, 3.05) is 7.11 Å². The van der Waals surface area contributed by atoms with Crippen molar-refractivity contribution < 1.29 is 28.5 Å². The number of carbonyl (C=O) groups excluding carboxylic acids is 2. The average Bonchev–Trinajstić information content (AvgIpc) is 3.15. The van der Waals surface area contributed by atoms with E-state index in [1.807, 2.05) is 54.6 Å². The molecule has 1 aliphatic rings. The van der Waals surface area contributed by atoms with Crippen LogP contribution in [-0.2, 0) is 14.3 Å². The summed E-state index contributed by atoms with van der Waals surface area (Å²) in [5, 5.41) is 0. The lowest BCUT2D eigenvalue weighted by Crippen LogP contribution is -2.03. The second kappa shape index (κ2) is 9.22. The maximum atomic E-state index is 12.4. The van der Waals surface area contributed by atoms with Gasteiger partial charge in [-0.1, -0.05) is 24.3 Å². The minimum Gasteiger partial charge on any atom is -0.493 e. The number of cyclic esters (lactones) is 1. The Hall–Kier alpha value is -4.32. The van der Waals surface area contributed by atoms with E-state index in [0.717, 1.165) is 11.3 Å². The molecule has 0 unspecified atom stereocenters. The van der Waals surface area contributed by atoms with Crippen LogP contribution >= 0.6 is 0 Å². The predicted molar refractivity (Wildman–Crippen MR) is 119 cm³/mol. The third-order valence-corrected chi connectivity index (χ3v) is 4.61. The number of methoxy groups -OCH3 is 1. The quantitative estimate of drug-likeness (QED) is 0.298. The third-order valence-electron chi connectivity index (χ3n) is 4.61.